The third-order valence-corrected chi connectivity index (χ3v) is 1.73. The summed E-state index contributed by atoms with van der Waals surface area (Å²) in [6, 6.07) is 0. The van der Waals surface area contributed by atoms with Crippen LogP contribution >= 0.6 is 0 Å². The van der Waals surface area contributed by atoms with Gasteiger partial charge in [0.15, 0.2) is 0 Å². The second-order valence-electron chi connectivity index (χ2n) is 1.32. The first-order valence-electron chi connectivity index (χ1n) is 1.82. The number of rotatable bonds is 0. The van der Waals surface area contributed by atoms with E-state index in [9.17, 15) is 9.59 Å². The molecule has 1 rings (SSSR count). The fourth-order valence-corrected chi connectivity index (χ4v) is 0.721. The van der Waals surface area contributed by atoms with Gasteiger partial charge in [0, 0.05) is 0 Å². The Morgan fingerprint density at radius 3 is 1.10 bits per heavy atom. The van der Waals surface area contributed by atoms with Gasteiger partial charge in [-0.25, -0.2) is 0 Å². The average molecular weight is 190 g/mol. The van der Waals surface area contributed by atoms with Crippen molar-refractivity contribution in [3.05, 3.63) is 20.4 Å². The largest absolute Gasteiger partial charge is 1.00 e. The van der Waals surface area contributed by atoms with E-state index in [1.807, 2.05) is 0 Å². The van der Waals surface area contributed by atoms with Gasteiger partial charge in [-0.2, -0.15) is 0 Å². The Morgan fingerprint density at radius 2 is 1.00 bits per heavy atom. The summed E-state index contributed by atoms with van der Waals surface area (Å²) in [5, 5.41) is 0. The topological polar surface area (TPSA) is 34.1 Å². The molecule has 42 valence electrons. The fourth-order valence-electron chi connectivity index (χ4n) is 0.350. The third-order valence-electron chi connectivity index (χ3n) is 0.825. The Bertz CT molecular complexity index is 259. The van der Waals surface area contributed by atoms with Crippen LogP contribution in [-0.4, -0.2) is 0 Å². The molecule has 0 spiro atoms. The smallest absolute Gasteiger partial charge is 0.777 e. The summed E-state index contributed by atoms with van der Waals surface area (Å²) in [5.74, 6) is 0. The molecular weight excluding hydrogens is 190 g/mol. The van der Waals surface area contributed by atoms with E-state index in [-0.39, 0.29) is 68.9 Å². The minimum absolute atomic E-state index is 0. The molecule has 1 aromatic rings. The molecule has 0 aliphatic heterocycles. The minimum Gasteiger partial charge on any atom is -0.777 e. The van der Waals surface area contributed by atoms with E-state index in [2.05, 4.69) is 25.3 Å². The van der Waals surface area contributed by atoms with Crippen LogP contribution in [0.5, 0.6) is 0 Å². The van der Waals surface area contributed by atoms with Crippen LogP contribution in [0.3, 0.4) is 0 Å². The molecule has 0 aliphatic rings. The molecule has 10 heavy (non-hydrogen) atoms. The predicted octanol–water partition coefficient (Wildman–Crippen LogP) is -6.90. The first-order valence-corrected chi connectivity index (χ1v) is 2.63. The van der Waals surface area contributed by atoms with Crippen LogP contribution < -0.4 is 70.0 Å². The molecule has 0 atom stereocenters. The Morgan fingerprint density at radius 1 is 0.800 bits per heavy atom. The van der Waals surface area contributed by atoms with Crippen LogP contribution in [0, 0.1) is 0 Å². The molecule has 0 fully saturated rings. The van der Waals surface area contributed by atoms with Crippen molar-refractivity contribution in [3.8, 4) is 0 Å². The van der Waals surface area contributed by atoms with Crippen molar-refractivity contribution in [1.29, 1.82) is 0 Å². The van der Waals surface area contributed by atoms with Gasteiger partial charge in [0.25, 0.3) is 0 Å². The predicted molar refractivity (Wildman–Crippen MR) is 32.6 cm³/mol. The molecule has 0 bridgehead atoms. The van der Waals surface area contributed by atoms with Gasteiger partial charge in [-0.15, -0.1) is 9.79 Å². The summed E-state index contributed by atoms with van der Waals surface area (Å²) in [7, 11) is 0. The van der Waals surface area contributed by atoms with Crippen LogP contribution in [0.15, 0.2) is 19.4 Å². The molecule has 0 aromatic heterocycles. The van der Waals surface area contributed by atoms with Crippen LogP contribution in [0.2, 0.25) is 0 Å². The van der Waals surface area contributed by atoms with Gasteiger partial charge in [-0.05, 0) is 0 Å². The van der Waals surface area contributed by atoms with Gasteiger partial charge in [0.1, 0.15) is 0 Å². The van der Waals surface area contributed by atoms with Crippen molar-refractivity contribution >= 4 is 25.3 Å². The molecule has 1 aromatic carbocycles. The van der Waals surface area contributed by atoms with E-state index in [0.29, 0.717) is 0 Å². The summed E-state index contributed by atoms with van der Waals surface area (Å²) in [5.41, 5.74) is -1.21. The minimum atomic E-state index is -0.606. The first kappa shape index (κ1) is 14.1. The van der Waals surface area contributed by atoms with E-state index in [0.717, 1.165) is 0 Å². The molecule has 0 heterocycles. The van der Waals surface area contributed by atoms with Gasteiger partial charge in [-0.1, -0.05) is 0 Å². The molecule has 0 saturated heterocycles. The fraction of sp³-hybridized carbons (Fsp3) is 0. The second-order valence-corrected chi connectivity index (χ2v) is 2.13. The van der Waals surface area contributed by atoms with Gasteiger partial charge < -0.3 is 25.3 Å². The van der Waals surface area contributed by atoms with E-state index in [4.69, 9.17) is 0 Å². The maximum atomic E-state index is 10.2. The number of hydrogen-bond acceptors (Lipinski definition) is 4. The van der Waals surface area contributed by atoms with Crippen LogP contribution in [0.25, 0.3) is 0 Å². The van der Waals surface area contributed by atoms with Gasteiger partial charge in [0.05, 0.1) is 0 Å². The van der Waals surface area contributed by atoms with Crippen molar-refractivity contribution in [1.82, 2.24) is 0 Å². The maximum absolute atomic E-state index is 10.2. The second kappa shape index (κ2) is 5.22. The molecule has 6 heteroatoms. The first-order chi connectivity index (χ1) is 3.64. The zero-order valence-electron chi connectivity index (χ0n) is 5.63. The van der Waals surface area contributed by atoms with E-state index in [1.54, 1.807) is 0 Å². The van der Waals surface area contributed by atoms with Crippen molar-refractivity contribution in [2.75, 3.05) is 0 Å². The summed E-state index contributed by atoms with van der Waals surface area (Å²) in [6.45, 7) is 0. The zero-order valence-corrected chi connectivity index (χ0v) is 11.3. The van der Waals surface area contributed by atoms with E-state index >= 15 is 0 Å². The Balaban J connectivity index is 0. The Labute approximate surface area is 113 Å². The number of hydrogen-bond donors (Lipinski definition) is 0. The summed E-state index contributed by atoms with van der Waals surface area (Å²) >= 11 is 8.79. The van der Waals surface area contributed by atoms with Gasteiger partial charge in [0.2, 0.25) is 10.9 Å². The van der Waals surface area contributed by atoms with Crippen LogP contribution in [0.1, 0.15) is 0 Å². The molecule has 0 unspecified atom stereocenters. The summed E-state index contributed by atoms with van der Waals surface area (Å²) in [6.07, 6.45) is 0. The molecular formula is C4Na2O2S2. The van der Waals surface area contributed by atoms with Gasteiger partial charge in [-0.3, -0.25) is 9.59 Å². The van der Waals surface area contributed by atoms with E-state index in [1.165, 1.54) is 0 Å². The Hall–Kier alpha value is 1.52. The third kappa shape index (κ3) is 2.25. The maximum Gasteiger partial charge on any atom is 1.00 e. The molecule has 0 N–H and O–H groups in total. The van der Waals surface area contributed by atoms with E-state index < -0.39 is 10.9 Å². The molecule has 0 saturated carbocycles. The van der Waals surface area contributed by atoms with Crippen molar-refractivity contribution < 1.29 is 59.1 Å². The van der Waals surface area contributed by atoms with Crippen LogP contribution in [-0.2, 0) is 25.3 Å². The van der Waals surface area contributed by atoms with Crippen molar-refractivity contribution in [2.45, 2.75) is 9.79 Å². The normalized spacial score (nSPS) is 8.00. The quantitative estimate of drug-likeness (QED) is 0.231. The van der Waals surface area contributed by atoms with Gasteiger partial charge >= 0.3 is 59.1 Å². The summed E-state index contributed by atoms with van der Waals surface area (Å²) < 4.78 is 0. The van der Waals surface area contributed by atoms with Crippen molar-refractivity contribution in [3.63, 3.8) is 0 Å². The SMILES string of the molecule is O=c1c([S-])c([S-])c1=O.[Na+].[Na+]. The standard InChI is InChI=1S/C4H2O2S2.2Na/c5-1-2(6)4(8)3(1)7;;/h7-8H;;/q;2*+1/p-2. The molecule has 0 radical (unpaired) electrons. The average Bonchev–Trinajstić information content (AvgIpc) is 1.83. The zero-order chi connectivity index (χ0) is 6.31. The van der Waals surface area contributed by atoms with Crippen molar-refractivity contribution in [2.24, 2.45) is 0 Å². The molecule has 0 amide bonds. The molecule has 0 aliphatic carbocycles. The molecule has 2 nitrogen and oxygen atoms in total. The van der Waals surface area contributed by atoms with Crippen LogP contribution in [0.4, 0.5) is 0 Å². The monoisotopic (exact) mass is 190 g/mol. The summed E-state index contributed by atoms with van der Waals surface area (Å²) in [4.78, 5) is 20.4. The Kier molecular flexibility index (Phi) is 7.34.